The average Bonchev–Trinajstić information content (AvgIpc) is 3.16. The number of para-hydroxylation sites is 1. The van der Waals surface area contributed by atoms with Crippen molar-refractivity contribution in [3.8, 4) is 0 Å². The smallest absolute Gasteiger partial charge is 0.255 e. The van der Waals surface area contributed by atoms with Crippen molar-refractivity contribution in [3.05, 3.63) is 78.1 Å². The number of hydrogen-bond donors (Lipinski definition) is 3. The first-order valence-electron chi connectivity index (χ1n) is 7.60. The lowest BCUT2D eigenvalue weighted by Gasteiger charge is -2.16. The van der Waals surface area contributed by atoms with Gasteiger partial charge in [-0.3, -0.25) is 4.79 Å². The van der Waals surface area contributed by atoms with Gasteiger partial charge in [0.1, 0.15) is 23.4 Å². The Kier molecular flexibility index (Phi) is 5.06. The third-order valence-electron chi connectivity index (χ3n) is 3.55. The minimum atomic E-state index is -0.691. The molecule has 1 amide bonds. The number of nitrogens with one attached hydrogen (secondary N) is 2. The quantitative estimate of drug-likeness (QED) is 0.641. The maximum Gasteiger partial charge on any atom is 0.255 e. The van der Waals surface area contributed by atoms with Crippen LogP contribution in [0.5, 0.6) is 0 Å². The van der Waals surface area contributed by atoms with Crippen LogP contribution in [0, 0.1) is 5.82 Å². The molecule has 2 heterocycles. The summed E-state index contributed by atoms with van der Waals surface area (Å²) in [6, 6.07) is 11.9. The molecule has 3 rings (SSSR count). The van der Waals surface area contributed by atoms with E-state index in [1.807, 2.05) is 0 Å². The number of aliphatic hydroxyl groups excluding tert-OH is 1. The fraction of sp³-hybridized carbons (Fsp3) is 0.111. The summed E-state index contributed by atoms with van der Waals surface area (Å²) < 4.78 is 19.0. The molecule has 0 radical (unpaired) electrons. The average molecular weight is 341 g/mol. The third kappa shape index (κ3) is 3.84. The predicted molar refractivity (Wildman–Crippen MR) is 89.9 cm³/mol. The number of nitrogens with zero attached hydrogens (tertiary/aromatic N) is 1. The molecule has 0 saturated heterocycles. The Hall–Kier alpha value is -3.19. The molecule has 0 aliphatic heterocycles. The first-order chi connectivity index (χ1) is 12.2. The first kappa shape index (κ1) is 16.7. The zero-order chi connectivity index (χ0) is 17.6. The monoisotopic (exact) mass is 341 g/mol. The van der Waals surface area contributed by atoms with Crippen LogP contribution < -0.4 is 10.6 Å². The van der Waals surface area contributed by atoms with Crippen molar-refractivity contribution in [1.82, 2.24) is 10.3 Å². The molecule has 0 fully saturated rings. The molecule has 0 aliphatic rings. The first-order valence-corrected chi connectivity index (χ1v) is 7.60. The van der Waals surface area contributed by atoms with Crippen LogP contribution in [0.4, 0.5) is 15.9 Å². The normalized spacial score (nSPS) is 11.8. The number of anilines is 2. The molecule has 0 spiro atoms. The van der Waals surface area contributed by atoms with E-state index in [9.17, 15) is 14.3 Å². The lowest BCUT2D eigenvalue weighted by Crippen LogP contribution is -2.31. The highest BCUT2D eigenvalue weighted by Gasteiger charge is 2.20. The standard InChI is InChI=1S/C18H16FN3O3/c19-13-6-1-2-7-14(13)21-17-12(5-3-9-20-17)18(24)22-15(11-23)16-8-4-10-25-16/h1-10,15,23H,11H2,(H,20,21)(H,22,24). The molecule has 2 aromatic heterocycles. The van der Waals surface area contributed by atoms with Crippen molar-refractivity contribution in [2.75, 3.05) is 11.9 Å². The molecule has 0 aliphatic carbocycles. The maximum absolute atomic E-state index is 13.8. The molecule has 1 unspecified atom stereocenters. The second-order valence-electron chi connectivity index (χ2n) is 5.23. The minimum Gasteiger partial charge on any atom is -0.467 e. The fourth-order valence-electron chi connectivity index (χ4n) is 2.31. The number of aromatic nitrogens is 1. The molecule has 1 aromatic carbocycles. The van der Waals surface area contributed by atoms with Crippen LogP contribution in [-0.2, 0) is 0 Å². The number of hydrogen-bond acceptors (Lipinski definition) is 5. The van der Waals surface area contributed by atoms with Crippen molar-refractivity contribution in [2.45, 2.75) is 6.04 Å². The lowest BCUT2D eigenvalue weighted by molar-refractivity contribution is 0.0908. The van der Waals surface area contributed by atoms with E-state index in [1.165, 1.54) is 18.5 Å². The van der Waals surface area contributed by atoms with Gasteiger partial charge < -0.3 is 20.2 Å². The molecule has 3 N–H and O–H groups in total. The van der Waals surface area contributed by atoms with Gasteiger partial charge in [-0.05, 0) is 36.4 Å². The largest absolute Gasteiger partial charge is 0.467 e. The Labute approximate surface area is 143 Å². The van der Waals surface area contributed by atoms with Crippen LogP contribution >= 0.6 is 0 Å². The molecule has 128 valence electrons. The summed E-state index contributed by atoms with van der Waals surface area (Å²) in [6.45, 7) is -0.324. The SMILES string of the molecule is O=C(NC(CO)c1ccco1)c1cccnc1Nc1ccccc1F. The van der Waals surface area contributed by atoms with Crippen LogP contribution in [0.3, 0.4) is 0 Å². The van der Waals surface area contributed by atoms with Crippen LogP contribution in [0.1, 0.15) is 22.2 Å². The van der Waals surface area contributed by atoms with E-state index in [1.54, 1.807) is 42.5 Å². The highest BCUT2D eigenvalue weighted by molar-refractivity contribution is 5.99. The van der Waals surface area contributed by atoms with Gasteiger partial charge >= 0.3 is 0 Å². The summed E-state index contributed by atoms with van der Waals surface area (Å²) in [6.07, 6.45) is 2.95. The number of carbonyl (C=O) groups is 1. The van der Waals surface area contributed by atoms with Gasteiger partial charge in [0.25, 0.3) is 5.91 Å². The Bertz CT molecular complexity index is 852. The summed E-state index contributed by atoms with van der Waals surface area (Å²) >= 11 is 0. The number of amides is 1. The van der Waals surface area contributed by atoms with Gasteiger partial charge in [-0.15, -0.1) is 0 Å². The number of rotatable bonds is 6. The van der Waals surface area contributed by atoms with E-state index in [2.05, 4.69) is 15.6 Å². The number of aliphatic hydroxyl groups is 1. The van der Waals surface area contributed by atoms with Gasteiger partial charge in [0, 0.05) is 6.20 Å². The second-order valence-corrected chi connectivity index (χ2v) is 5.23. The molecular weight excluding hydrogens is 325 g/mol. The summed E-state index contributed by atoms with van der Waals surface area (Å²) in [7, 11) is 0. The fourth-order valence-corrected chi connectivity index (χ4v) is 2.31. The second kappa shape index (κ2) is 7.59. The molecule has 0 saturated carbocycles. The molecule has 6 nitrogen and oxygen atoms in total. The van der Waals surface area contributed by atoms with Crippen LogP contribution in [0.2, 0.25) is 0 Å². The summed E-state index contributed by atoms with van der Waals surface area (Å²) in [5.41, 5.74) is 0.427. The topological polar surface area (TPSA) is 87.4 Å². The molecule has 25 heavy (non-hydrogen) atoms. The van der Waals surface area contributed by atoms with Gasteiger partial charge in [0.05, 0.1) is 24.1 Å². The van der Waals surface area contributed by atoms with E-state index in [0.717, 1.165) is 0 Å². The Morgan fingerprint density at radius 2 is 2.04 bits per heavy atom. The Balaban J connectivity index is 1.82. The summed E-state index contributed by atoms with van der Waals surface area (Å²) in [4.78, 5) is 16.7. The number of carbonyl (C=O) groups excluding carboxylic acids is 1. The lowest BCUT2D eigenvalue weighted by atomic mass is 10.2. The van der Waals surface area contributed by atoms with E-state index in [4.69, 9.17) is 4.42 Å². The van der Waals surface area contributed by atoms with E-state index in [-0.39, 0.29) is 23.7 Å². The highest BCUT2D eigenvalue weighted by Crippen LogP contribution is 2.22. The Morgan fingerprint density at radius 3 is 2.76 bits per heavy atom. The number of halogens is 1. The van der Waals surface area contributed by atoms with Crippen molar-refractivity contribution in [3.63, 3.8) is 0 Å². The van der Waals surface area contributed by atoms with Gasteiger partial charge in [0.15, 0.2) is 0 Å². The zero-order valence-corrected chi connectivity index (χ0v) is 13.1. The molecular formula is C18H16FN3O3. The van der Waals surface area contributed by atoms with E-state index >= 15 is 0 Å². The van der Waals surface area contributed by atoms with Crippen LogP contribution in [-0.4, -0.2) is 22.6 Å². The summed E-state index contributed by atoms with van der Waals surface area (Å²) in [5.74, 6) is -0.282. The molecule has 1 atom stereocenters. The zero-order valence-electron chi connectivity index (χ0n) is 13.1. The minimum absolute atomic E-state index is 0.208. The molecule has 0 bridgehead atoms. The van der Waals surface area contributed by atoms with E-state index in [0.29, 0.717) is 5.76 Å². The van der Waals surface area contributed by atoms with Gasteiger partial charge in [-0.25, -0.2) is 9.37 Å². The van der Waals surface area contributed by atoms with E-state index < -0.39 is 17.8 Å². The highest BCUT2D eigenvalue weighted by atomic mass is 19.1. The molecule has 3 aromatic rings. The van der Waals surface area contributed by atoms with Crippen molar-refractivity contribution in [1.29, 1.82) is 0 Å². The predicted octanol–water partition coefficient (Wildman–Crippen LogP) is 3.02. The van der Waals surface area contributed by atoms with Crippen molar-refractivity contribution in [2.24, 2.45) is 0 Å². The van der Waals surface area contributed by atoms with Crippen LogP contribution in [0.25, 0.3) is 0 Å². The maximum atomic E-state index is 13.8. The van der Waals surface area contributed by atoms with Crippen molar-refractivity contribution >= 4 is 17.4 Å². The molecule has 7 heteroatoms. The van der Waals surface area contributed by atoms with Crippen molar-refractivity contribution < 1.29 is 18.7 Å². The number of benzene rings is 1. The summed E-state index contributed by atoms with van der Waals surface area (Å²) in [5, 5.41) is 15.0. The van der Waals surface area contributed by atoms with Gasteiger partial charge in [-0.1, -0.05) is 12.1 Å². The number of pyridine rings is 1. The van der Waals surface area contributed by atoms with Crippen LogP contribution in [0.15, 0.2) is 65.4 Å². The van der Waals surface area contributed by atoms with Gasteiger partial charge in [0.2, 0.25) is 0 Å². The third-order valence-corrected chi connectivity index (χ3v) is 3.55. The Morgan fingerprint density at radius 1 is 1.20 bits per heavy atom. The number of furan rings is 1. The van der Waals surface area contributed by atoms with Gasteiger partial charge in [-0.2, -0.15) is 0 Å².